The Morgan fingerprint density at radius 1 is 1.28 bits per heavy atom. The van der Waals surface area contributed by atoms with Gasteiger partial charge in [0.05, 0.1) is 6.20 Å². The highest BCUT2D eigenvalue weighted by Gasteiger charge is 2.31. The van der Waals surface area contributed by atoms with E-state index in [0.29, 0.717) is 13.1 Å². The number of likely N-dealkylation sites (tertiary alicyclic amines) is 1. The topological polar surface area (TPSA) is 62.7 Å². The molecule has 1 aliphatic rings. The van der Waals surface area contributed by atoms with Crippen molar-refractivity contribution in [2.45, 2.75) is 29.9 Å². The highest BCUT2D eigenvalue weighted by atomic mass is 32.2. The molecule has 1 N–H and O–H groups in total. The molecule has 0 spiro atoms. The van der Waals surface area contributed by atoms with Gasteiger partial charge >= 0.3 is 5.97 Å². The fourth-order valence-corrected chi connectivity index (χ4v) is 3.57. The molecule has 132 valence electrons. The van der Waals surface area contributed by atoms with Crippen LogP contribution in [0.25, 0.3) is 0 Å². The fourth-order valence-electron chi connectivity index (χ4n) is 3.16. The smallest absolute Gasteiger partial charge is 0.325 e. The number of hydrogen-bond donors (Lipinski definition) is 1. The predicted molar refractivity (Wildman–Crippen MR) is 98.1 cm³/mol. The second-order valence-electron chi connectivity index (χ2n) is 6.06. The predicted octanol–water partition coefficient (Wildman–Crippen LogP) is 3.47. The molecule has 0 amide bonds. The van der Waals surface area contributed by atoms with Crippen LogP contribution >= 0.6 is 11.8 Å². The number of nitrogens with zero attached hydrogens (tertiary/aromatic N) is 2. The minimum atomic E-state index is -0.802. The van der Waals surface area contributed by atoms with Gasteiger partial charge in [0.15, 0.2) is 0 Å². The highest BCUT2D eigenvalue weighted by molar-refractivity contribution is 7.98. The standard InChI is InChI=1S/C19H22N2O3S/c1-25-17-6-4-14(5-7-17)18(19(22)23)21-11-8-15(9-12-21)24-16-3-2-10-20-13-16/h2-7,10,13,15,18H,8-9,11-12H2,1H3,(H,22,23)/t18-/m0/s1. The van der Waals surface area contributed by atoms with Crippen LogP contribution in [0.3, 0.4) is 0 Å². The Kier molecular flexibility index (Phi) is 5.94. The third-order valence-corrected chi connectivity index (χ3v) is 5.19. The number of benzene rings is 1. The van der Waals surface area contributed by atoms with Gasteiger partial charge in [0, 0.05) is 24.2 Å². The first-order chi connectivity index (χ1) is 12.2. The Bertz CT molecular complexity index is 686. The van der Waals surface area contributed by atoms with Gasteiger partial charge < -0.3 is 9.84 Å². The zero-order valence-electron chi connectivity index (χ0n) is 14.2. The van der Waals surface area contributed by atoms with Crippen molar-refractivity contribution in [2.24, 2.45) is 0 Å². The molecule has 1 aromatic carbocycles. The van der Waals surface area contributed by atoms with E-state index in [9.17, 15) is 9.90 Å². The number of rotatable bonds is 6. The number of aromatic nitrogens is 1. The van der Waals surface area contributed by atoms with Crippen LogP contribution in [0.2, 0.25) is 0 Å². The van der Waals surface area contributed by atoms with Crippen LogP contribution in [0.4, 0.5) is 0 Å². The molecule has 1 fully saturated rings. The monoisotopic (exact) mass is 358 g/mol. The van der Waals surface area contributed by atoms with E-state index in [2.05, 4.69) is 4.98 Å². The molecule has 1 atom stereocenters. The molecule has 6 heteroatoms. The number of pyridine rings is 1. The average Bonchev–Trinajstić information content (AvgIpc) is 2.64. The van der Waals surface area contributed by atoms with Gasteiger partial charge in [0.1, 0.15) is 17.9 Å². The number of piperidine rings is 1. The summed E-state index contributed by atoms with van der Waals surface area (Å²) in [4.78, 5) is 19.1. The summed E-state index contributed by atoms with van der Waals surface area (Å²) >= 11 is 1.65. The molecule has 2 aromatic rings. The van der Waals surface area contributed by atoms with E-state index in [0.717, 1.165) is 29.1 Å². The molecule has 0 saturated carbocycles. The first kappa shape index (κ1) is 17.8. The number of aliphatic carboxylic acids is 1. The Balaban J connectivity index is 1.63. The molecule has 0 aliphatic carbocycles. The van der Waals surface area contributed by atoms with Gasteiger partial charge in [0.2, 0.25) is 0 Å². The van der Waals surface area contributed by atoms with Crippen molar-refractivity contribution < 1.29 is 14.6 Å². The zero-order valence-corrected chi connectivity index (χ0v) is 15.0. The van der Waals surface area contributed by atoms with Crippen molar-refractivity contribution in [1.29, 1.82) is 0 Å². The lowest BCUT2D eigenvalue weighted by atomic mass is 10.0. The molecule has 1 aromatic heterocycles. The fraction of sp³-hybridized carbons (Fsp3) is 0.368. The Morgan fingerprint density at radius 3 is 2.56 bits per heavy atom. The lowest BCUT2D eigenvalue weighted by molar-refractivity contribution is -0.144. The number of ether oxygens (including phenoxy) is 1. The Hall–Kier alpha value is -2.05. The number of thioether (sulfide) groups is 1. The summed E-state index contributed by atoms with van der Waals surface area (Å²) in [5.41, 5.74) is 0.830. The molecular formula is C19H22N2O3S. The van der Waals surface area contributed by atoms with Crippen molar-refractivity contribution >= 4 is 17.7 Å². The third kappa shape index (κ3) is 4.52. The maximum atomic E-state index is 11.8. The molecule has 1 saturated heterocycles. The van der Waals surface area contributed by atoms with Crippen LogP contribution in [-0.2, 0) is 4.79 Å². The molecule has 0 unspecified atom stereocenters. The van der Waals surface area contributed by atoms with Gasteiger partial charge in [-0.2, -0.15) is 0 Å². The SMILES string of the molecule is CSc1ccc([C@@H](C(=O)O)N2CCC(Oc3cccnc3)CC2)cc1. The summed E-state index contributed by atoms with van der Waals surface area (Å²) in [6.45, 7) is 1.40. The molecule has 5 nitrogen and oxygen atoms in total. The number of hydrogen-bond acceptors (Lipinski definition) is 5. The second-order valence-corrected chi connectivity index (χ2v) is 6.94. The Labute approximate surface area is 152 Å². The molecule has 0 bridgehead atoms. The van der Waals surface area contributed by atoms with Gasteiger partial charge in [-0.05, 0) is 48.9 Å². The van der Waals surface area contributed by atoms with E-state index < -0.39 is 12.0 Å². The van der Waals surface area contributed by atoms with Crippen LogP contribution in [0, 0.1) is 0 Å². The van der Waals surface area contributed by atoms with Crippen molar-refractivity contribution in [3.05, 3.63) is 54.4 Å². The van der Waals surface area contributed by atoms with E-state index in [-0.39, 0.29) is 6.10 Å². The maximum absolute atomic E-state index is 11.8. The molecule has 2 heterocycles. The quantitative estimate of drug-likeness (QED) is 0.798. The van der Waals surface area contributed by atoms with Crippen LogP contribution in [0.5, 0.6) is 5.75 Å². The molecule has 3 rings (SSSR count). The van der Waals surface area contributed by atoms with E-state index >= 15 is 0 Å². The molecule has 25 heavy (non-hydrogen) atoms. The second kappa shape index (κ2) is 8.36. The molecule has 1 aliphatic heterocycles. The van der Waals surface area contributed by atoms with Crippen molar-refractivity contribution in [3.63, 3.8) is 0 Å². The van der Waals surface area contributed by atoms with E-state index in [4.69, 9.17) is 4.74 Å². The maximum Gasteiger partial charge on any atom is 0.325 e. The lowest BCUT2D eigenvalue weighted by Gasteiger charge is -2.35. The van der Waals surface area contributed by atoms with Crippen LogP contribution < -0.4 is 4.74 Å². The summed E-state index contributed by atoms with van der Waals surface area (Å²) < 4.78 is 5.94. The summed E-state index contributed by atoms with van der Waals surface area (Å²) in [5.74, 6) is -0.0353. The van der Waals surface area contributed by atoms with Crippen LogP contribution in [-0.4, -0.2) is 46.4 Å². The van der Waals surface area contributed by atoms with Crippen molar-refractivity contribution in [3.8, 4) is 5.75 Å². The zero-order chi connectivity index (χ0) is 17.6. The van der Waals surface area contributed by atoms with Gasteiger partial charge in [-0.1, -0.05) is 12.1 Å². The summed E-state index contributed by atoms with van der Waals surface area (Å²) in [6, 6.07) is 10.9. The Morgan fingerprint density at radius 2 is 2.00 bits per heavy atom. The minimum Gasteiger partial charge on any atom is -0.489 e. The number of carboxylic acid groups (broad SMARTS) is 1. The third-order valence-electron chi connectivity index (χ3n) is 4.44. The van der Waals surface area contributed by atoms with Crippen molar-refractivity contribution in [1.82, 2.24) is 9.88 Å². The lowest BCUT2D eigenvalue weighted by Crippen LogP contribution is -2.43. The van der Waals surface area contributed by atoms with Gasteiger partial charge in [-0.15, -0.1) is 11.8 Å². The van der Waals surface area contributed by atoms with Gasteiger partial charge in [0.25, 0.3) is 0 Å². The van der Waals surface area contributed by atoms with Crippen LogP contribution in [0.1, 0.15) is 24.4 Å². The summed E-state index contributed by atoms with van der Waals surface area (Å²) in [5, 5.41) is 9.72. The normalized spacial score (nSPS) is 17.2. The largest absolute Gasteiger partial charge is 0.489 e. The first-order valence-corrected chi connectivity index (χ1v) is 9.57. The van der Waals surface area contributed by atoms with E-state index in [1.807, 2.05) is 47.6 Å². The first-order valence-electron chi connectivity index (χ1n) is 8.35. The molecular weight excluding hydrogens is 336 g/mol. The summed E-state index contributed by atoms with van der Waals surface area (Å²) in [7, 11) is 0. The highest BCUT2D eigenvalue weighted by Crippen LogP contribution is 2.28. The van der Waals surface area contributed by atoms with Gasteiger partial charge in [-0.25, -0.2) is 0 Å². The van der Waals surface area contributed by atoms with Gasteiger partial charge in [-0.3, -0.25) is 14.7 Å². The van der Waals surface area contributed by atoms with Crippen LogP contribution in [0.15, 0.2) is 53.7 Å². The van der Waals surface area contributed by atoms with E-state index in [1.54, 1.807) is 24.2 Å². The number of carbonyl (C=O) groups is 1. The minimum absolute atomic E-state index is 0.105. The average molecular weight is 358 g/mol. The van der Waals surface area contributed by atoms with E-state index in [1.165, 1.54) is 0 Å². The number of carboxylic acids is 1. The van der Waals surface area contributed by atoms with Crippen molar-refractivity contribution in [2.75, 3.05) is 19.3 Å². The molecule has 0 radical (unpaired) electrons. The summed E-state index contributed by atoms with van der Waals surface area (Å²) in [6.07, 6.45) is 7.16.